The van der Waals surface area contributed by atoms with Gasteiger partial charge >= 0.3 is 5.91 Å². The van der Waals surface area contributed by atoms with E-state index in [2.05, 4.69) is 16.6 Å². The standard InChI is InChI=1S/C17H18N4O2S/c1-4-9-21-13-7-6-12(23-5-2)11-14(13)24-17(21)19-16(22)15-18-8-10-20(15)3/h4,6-8,10-11H,1,5,9H2,2-3H3. The van der Waals surface area contributed by atoms with Gasteiger partial charge in [-0.1, -0.05) is 17.4 Å². The molecule has 2 aromatic heterocycles. The van der Waals surface area contributed by atoms with Crippen LogP contribution in [0.15, 0.2) is 48.2 Å². The molecule has 2 heterocycles. The Morgan fingerprint density at radius 1 is 1.50 bits per heavy atom. The van der Waals surface area contributed by atoms with Crippen LogP contribution in [0, 0.1) is 0 Å². The van der Waals surface area contributed by atoms with E-state index >= 15 is 0 Å². The molecule has 0 unspecified atom stereocenters. The van der Waals surface area contributed by atoms with E-state index in [4.69, 9.17) is 4.74 Å². The molecule has 0 aliphatic carbocycles. The number of nitrogens with zero attached hydrogens (tertiary/aromatic N) is 4. The molecule has 3 rings (SSSR count). The highest BCUT2D eigenvalue weighted by molar-refractivity contribution is 7.16. The lowest BCUT2D eigenvalue weighted by molar-refractivity contribution is 0.0985. The summed E-state index contributed by atoms with van der Waals surface area (Å²) in [6.45, 7) is 6.92. The van der Waals surface area contributed by atoms with Gasteiger partial charge in [-0.15, -0.1) is 6.58 Å². The van der Waals surface area contributed by atoms with Gasteiger partial charge in [0.15, 0.2) is 4.80 Å². The van der Waals surface area contributed by atoms with Crippen molar-refractivity contribution in [1.82, 2.24) is 14.1 Å². The molecule has 124 valence electrons. The number of allylic oxidation sites excluding steroid dienone is 1. The van der Waals surface area contributed by atoms with Gasteiger partial charge in [0.25, 0.3) is 0 Å². The van der Waals surface area contributed by atoms with Gasteiger partial charge in [0.2, 0.25) is 5.82 Å². The second-order valence-corrected chi connectivity index (χ2v) is 6.13. The quantitative estimate of drug-likeness (QED) is 0.670. The minimum atomic E-state index is -0.364. The SMILES string of the molecule is C=CCn1c(=NC(=O)c2nccn2C)sc2cc(OCC)ccc21. The second kappa shape index (κ2) is 6.84. The van der Waals surface area contributed by atoms with Gasteiger partial charge in [0, 0.05) is 26.0 Å². The Bertz CT molecular complexity index is 965. The number of fused-ring (bicyclic) bond motifs is 1. The number of carbonyl (C=O) groups excluding carboxylic acids is 1. The fourth-order valence-electron chi connectivity index (χ4n) is 2.41. The number of amides is 1. The average Bonchev–Trinajstić information content (AvgIpc) is 3.12. The Morgan fingerprint density at radius 3 is 3.00 bits per heavy atom. The molecule has 0 N–H and O–H groups in total. The second-order valence-electron chi connectivity index (χ2n) is 5.13. The molecule has 0 atom stereocenters. The first kappa shape index (κ1) is 16.2. The lowest BCUT2D eigenvalue weighted by Gasteiger charge is -2.04. The molecule has 6 nitrogen and oxygen atoms in total. The van der Waals surface area contributed by atoms with Crippen LogP contribution >= 0.6 is 11.3 Å². The van der Waals surface area contributed by atoms with E-state index in [1.54, 1.807) is 30.1 Å². The summed E-state index contributed by atoms with van der Waals surface area (Å²) < 4.78 is 10.2. The Morgan fingerprint density at radius 2 is 2.33 bits per heavy atom. The van der Waals surface area contributed by atoms with Crippen molar-refractivity contribution >= 4 is 27.5 Å². The summed E-state index contributed by atoms with van der Waals surface area (Å²) in [4.78, 5) is 21.3. The summed E-state index contributed by atoms with van der Waals surface area (Å²) in [5.74, 6) is 0.753. The van der Waals surface area contributed by atoms with Crippen LogP contribution < -0.4 is 9.54 Å². The van der Waals surface area contributed by atoms with Gasteiger partial charge in [-0.2, -0.15) is 4.99 Å². The van der Waals surface area contributed by atoms with Crippen LogP contribution in [0.25, 0.3) is 10.2 Å². The van der Waals surface area contributed by atoms with E-state index in [9.17, 15) is 4.79 Å². The Labute approximate surface area is 143 Å². The maximum Gasteiger partial charge on any atom is 0.315 e. The molecule has 0 aliphatic rings. The lowest BCUT2D eigenvalue weighted by atomic mass is 10.3. The molecule has 3 aromatic rings. The van der Waals surface area contributed by atoms with Crippen LogP contribution in [0.5, 0.6) is 5.75 Å². The van der Waals surface area contributed by atoms with Crippen LogP contribution in [-0.2, 0) is 13.6 Å². The van der Waals surface area contributed by atoms with Gasteiger partial charge in [-0.05, 0) is 25.1 Å². The molecular weight excluding hydrogens is 324 g/mol. The number of aromatic nitrogens is 3. The van der Waals surface area contributed by atoms with Crippen molar-refractivity contribution in [1.29, 1.82) is 0 Å². The average molecular weight is 342 g/mol. The van der Waals surface area contributed by atoms with Crippen molar-refractivity contribution in [2.24, 2.45) is 12.0 Å². The third kappa shape index (κ3) is 3.03. The van der Waals surface area contributed by atoms with E-state index in [0.717, 1.165) is 16.0 Å². The molecule has 0 saturated carbocycles. The first-order valence-electron chi connectivity index (χ1n) is 7.57. The van der Waals surface area contributed by atoms with Crippen LogP contribution in [-0.4, -0.2) is 26.6 Å². The molecule has 24 heavy (non-hydrogen) atoms. The van der Waals surface area contributed by atoms with E-state index in [1.807, 2.05) is 29.7 Å². The maximum absolute atomic E-state index is 12.4. The fourth-order valence-corrected chi connectivity index (χ4v) is 3.48. The largest absolute Gasteiger partial charge is 0.494 e. The number of carbonyl (C=O) groups is 1. The van der Waals surface area contributed by atoms with Crippen molar-refractivity contribution in [3.8, 4) is 5.75 Å². The Balaban J connectivity index is 2.13. The molecule has 0 bridgehead atoms. The predicted octanol–water partition coefficient (Wildman–Crippen LogP) is 2.76. The number of benzene rings is 1. The number of hydrogen-bond donors (Lipinski definition) is 0. The normalized spacial score (nSPS) is 11.8. The Kier molecular flexibility index (Phi) is 4.61. The van der Waals surface area contributed by atoms with E-state index < -0.39 is 0 Å². The fraction of sp³-hybridized carbons (Fsp3) is 0.235. The van der Waals surface area contributed by atoms with Gasteiger partial charge in [-0.25, -0.2) is 4.98 Å². The molecule has 7 heteroatoms. The van der Waals surface area contributed by atoms with Crippen LogP contribution in [0.3, 0.4) is 0 Å². The molecule has 0 aliphatic heterocycles. The molecule has 0 spiro atoms. The van der Waals surface area contributed by atoms with E-state index in [0.29, 0.717) is 23.8 Å². The van der Waals surface area contributed by atoms with Crippen molar-refractivity contribution in [2.75, 3.05) is 6.61 Å². The van der Waals surface area contributed by atoms with Crippen LogP contribution in [0.1, 0.15) is 17.5 Å². The van der Waals surface area contributed by atoms with Crippen molar-refractivity contribution < 1.29 is 9.53 Å². The number of ether oxygens (including phenoxy) is 1. The minimum absolute atomic E-state index is 0.313. The topological polar surface area (TPSA) is 61.4 Å². The molecule has 0 saturated heterocycles. The molecule has 1 amide bonds. The van der Waals surface area contributed by atoms with Gasteiger partial charge in [0.1, 0.15) is 5.75 Å². The number of thiazole rings is 1. The first-order chi connectivity index (χ1) is 11.6. The predicted molar refractivity (Wildman–Crippen MR) is 94.3 cm³/mol. The highest BCUT2D eigenvalue weighted by atomic mass is 32.1. The van der Waals surface area contributed by atoms with Crippen molar-refractivity contribution in [2.45, 2.75) is 13.5 Å². The number of imidazole rings is 1. The van der Waals surface area contributed by atoms with E-state index in [1.165, 1.54) is 11.3 Å². The number of hydrogen-bond acceptors (Lipinski definition) is 4. The zero-order chi connectivity index (χ0) is 17.1. The monoisotopic (exact) mass is 342 g/mol. The van der Waals surface area contributed by atoms with Crippen molar-refractivity contribution in [3.63, 3.8) is 0 Å². The van der Waals surface area contributed by atoms with Crippen LogP contribution in [0.2, 0.25) is 0 Å². The summed E-state index contributed by atoms with van der Waals surface area (Å²) >= 11 is 1.45. The third-order valence-electron chi connectivity index (χ3n) is 3.49. The van der Waals surface area contributed by atoms with E-state index in [-0.39, 0.29) is 5.91 Å². The van der Waals surface area contributed by atoms with Crippen molar-refractivity contribution in [3.05, 3.63) is 53.9 Å². The lowest BCUT2D eigenvalue weighted by Crippen LogP contribution is -2.17. The molecular formula is C17H18N4O2S. The zero-order valence-electron chi connectivity index (χ0n) is 13.6. The highest BCUT2D eigenvalue weighted by Crippen LogP contribution is 2.23. The van der Waals surface area contributed by atoms with Gasteiger partial charge < -0.3 is 13.9 Å². The van der Waals surface area contributed by atoms with Crippen LogP contribution in [0.4, 0.5) is 0 Å². The summed E-state index contributed by atoms with van der Waals surface area (Å²) in [5.41, 5.74) is 0.995. The number of aryl methyl sites for hydroxylation is 1. The Hall–Kier alpha value is -2.67. The summed E-state index contributed by atoms with van der Waals surface area (Å²) in [7, 11) is 1.77. The summed E-state index contributed by atoms with van der Waals surface area (Å²) in [5, 5.41) is 0. The first-order valence-corrected chi connectivity index (χ1v) is 8.39. The summed E-state index contributed by atoms with van der Waals surface area (Å²) in [6, 6.07) is 5.86. The zero-order valence-corrected chi connectivity index (χ0v) is 14.4. The summed E-state index contributed by atoms with van der Waals surface area (Å²) in [6.07, 6.45) is 5.09. The third-order valence-corrected chi connectivity index (χ3v) is 4.53. The van der Waals surface area contributed by atoms with Gasteiger partial charge in [0.05, 0.1) is 16.8 Å². The molecule has 0 radical (unpaired) electrons. The maximum atomic E-state index is 12.4. The van der Waals surface area contributed by atoms with Gasteiger partial charge in [-0.3, -0.25) is 4.79 Å². The molecule has 1 aromatic carbocycles. The minimum Gasteiger partial charge on any atom is -0.494 e. The highest BCUT2D eigenvalue weighted by Gasteiger charge is 2.12. The molecule has 0 fully saturated rings. The number of rotatable bonds is 5. The smallest absolute Gasteiger partial charge is 0.315 e.